The molecule has 292 valence electrons. The van der Waals surface area contributed by atoms with Gasteiger partial charge in [0.2, 0.25) is 0 Å². The SMILES string of the molecule is CCCCOC1(c2nc(-c3ccc(F)cc3)c(-c3ccncc3)[nH]2)CCN(C)CC1.CN1CCC(O)(c2nc(-c3ccc(F)cc3)c(-c3ccncc3)[nH]2)CC1. The standard InChI is InChI=1S/C24H29FN4O.C20H21FN4O/c1-3-4-17-30-24(11-15-29(2)16-12-24)23-27-21(18-5-7-20(25)8-6-18)22(28-23)19-9-13-26-14-10-19;1-25-12-8-20(26,9-13-25)19-23-17(14-2-4-16(21)5-3-14)18(24-19)15-6-10-22-11-7-15/h5-10,13-14H,3-4,11-12,15-17H2,1-2H3,(H,27,28);2-7,10-11,26H,8-9,12-13H2,1H3,(H,23,24). The van der Waals surface area contributed by atoms with Crippen LogP contribution in [0.2, 0.25) is 0 Å². The Morgan fingerprint density at radius 1 is 0.625 bits per heavy atom. The minimum atomic E-state index is -0.980. The molecule has 12 heteroatoms. The van der Waals surface area contributed by atoms with Crippen molar-refractivity contribution in [2.45, 2.75) is 56.7 Å². The van der Waals surface area contributed by atoms with Gasteiger partial charge in [0.25, 0.3) is 0 Å². The smallest absolute Gasteiger partial charge is 0.139 e. The van der Waals surface area contributed by atoms with E-state index in [1.54, 1.807) is 49.1 Å². The summed E-state index contributed by atoms with van der Waals surface area (Å²) in [5.74, 6) is 0.883. The summed E-state index contributed by atoms with van der Waals surface area (Å²) in [6.45, 7) is 6.44. The van der Waals surface area contributed by atoms with Crippen LogP contribution in [-0.2, 0) is 15.9 Å². The Labute approximate surface area is 327 Å². The molecule has 0 bridgehead atoms. The van der Waals surface area contributed by atoms with E-state index in [1.165, 1.54) is 24.3 Å². The molecule has 2 aliphatic rings. The van der Waals surface area contributed by atoms with Crippen molar-refractivity contribution < 1.29 is 18.6 Å². The Morgan fingerprint density at radius 2 is 1.05 bits per heavy atom. The van der Waals surface area contributed by atoms with Crippen LogP contribution in [0, 0.1) is 11.6 Å². The molecule has 0 saturated carbocycles. The van der Waals surface area contributed by atoms with Gasteiger partial charge in [0.05, 0.1) is 22.8 Å². The molecule has 3 N–H and O–H groups in total. The molecular formula is C44H50F2N8O2. The van der Waals surface area contributed by atoms with Crippen LogP contribution in [0.15, 0.2) is 97.6 Å². The van der Waals surface area contributed by atoms with Gasteiger partial charge in [-0.1, -0.05) is 13.3 Å². The largest absolute Gasteiger partial charge is 0.382 e. The second-order valence-corrected chi connectivity index (χ2v) is 14.9. The van der Waals surface area contributed by atoms with Gasteiger partial charge in [0, 0.05) is 79.8 Å². The molecule has 56 heavy (non-hydrogen) atoms. The van der Waals surface area contributed by atoms with Crippen LogP contribution in [-0.4, -0.2) is 91.7 Å². The van der Waals surface area contributed by atoms with Gasteiger partial charge in [0.1, 0.15) is 34.5 Å². The first kappa shape index (κ1) is 39.1. The van der Waals surface area contributed by atoms with E-state index in [0.29, 0.717) is 24.4 Å². The van der Waals surface area contributed by atoms with Gasteiger partial charge in [-0.2, -0.15) is 0 Å². The van der Waals surface area contributed by atoms with Crippen molar-refractivity contribution in [1.82, 2.24) is 39.7 Å². The first-order chi connectivity index (χ1) is 27.2. The van der Waals surface area contributed by atoms with E-state index in [2.05, 4.69) is 43.7 Å². The van der Waals surface area contributed by atoms with Gasteiger partial charge >= 0.3 is 0 Å². The number of H-pyrrole nitrogens is 2. The molecule has 4 aromatic heterocycles. The maximum absolute atomic E-state index is 13.5. The molecule has 0 amide bonds. The summed E-state index contributed by atoms with van der Waals surface area (Å²) in [6, 6.07) is 20.5. The lowest BCUT2D eigenvalue weighted by Crippen LogP contribution is -2.43. The third-order valence-corrected chi connectivity index (χ3v) is 10.9. The number of hydrogen-bond acceptors (Lipinski definition) is 8. The number of ether oxygens (including phenoxy) is 1. The summed E-state index contributed by atoms with van der Waals surface area (Å²) in [6.07, 6.45) is 12.1. The summed E-state index contributed by atoms with van der Waals surface area (Å²) in [5, 5.41) is 11.1. The van der Waals surface area contributed by atoms with Crippen molar-refractivity contribution in [2.75, 3.05) is 46.9 Å². The number of pyridine rings is 2. The highest BCUT2D eigenvalue weighted by molar-refractivity contribution is 5.79. The average Bonchev–Trinajstić information content (AvgIpc) is 3.89. The van der Waals surface area contributed by atoms with Crippen molar-refractivity contribution in [3.05, 3.63) is 121 Å². The highest BCUT2D eigenvalue weighted by Crippen LogP contribution is 2.40. The Morgan fingerprint density at radius 3 is 1.52 bits per heavy atom. The number of aliphatic hydroxyl groups is 1. The highest BCUT2D eigenvalue weighted by atomic mass is 19.1. The topological polar surface area (TPSA) is 119 Å². The Bertz CT molecular complexity index is 2140. The zero-order valence-corrected chi connectivity index (χ0v) is 32.3. The number of hydrogen-bond donors (Lipinski definition) is 3. The zero-order valence-electron chi connectivity index (χ0n) is 32.3. The van der Waals surface area contributed by atoms with E-state index in [-0.39, 0.29) is 11.6 Å². The normalized spacial score (nSPS) is 17.0. The van der Waals surface area contributed by atoms with Gasteiger partial charge in [-0.25, -0.2) is 18.7 Å². The molecule has 2 aliphatic heterocycles. The van der Waals surface area contributed by atoms with E-state index in [1.807, 2.05) is 31.3 Å². The highest BCUT2D eigenvalue weighted by Gasteiger charge is 2.40. The lowest BCUT2D eigenvalue weighted by Gasteiger charge is -2.39. The Balaban J connectivity index is 0.000000173. The number of nitrogens with zero attached hydrogens (tertiary/aromatic N) is 6. The first-order valence-corrected chi connectivity index (χ1v) is 19.4. The quantitative estimate of drug-likeness (QED) is 0.120. The summed E-state index contributed by atoms with van der Waals surface area (Å²) >= 11 is 0. The molecule has 8 rings (SSSR count). The molecule has 0 unspecified atom stereocenters. The average molecular weight is 761 g/mol. The molecule has 2 saturated heterocycles. The molecule has 2 aromatic carbocycles. The maximum Gasteiger partial charge on any atom is 0.139 e. The van der Waals surface area contributed by atoms with Crippen molar-refractivity contribution in [3.8, 4) is 45.0 Å². The molecule has 0 spiro atoms. The van der Waals surface area contributed by atoms with Crippen molar-refractivity contribution >= 4 is 0 Å². The fourth-order valence-electron chi connectivity index (χ4n) is 7.34. The van der Waals surface area contributed by atoms with Crippen molar-refractivity contribution in [2.24, 2.45) is 0 Å². The number of imidazole rings is 2. The third-order valence-electron chi connectivity index (χ3n) is 10.9. The van der Waals surface area contributed by atoms with Gasteiger partial charge in [-0.05, 0) is 119 Å². The van der Waals surface area contributed by atoms with Crippen LogP contribution in [0.3, 0.4) is 0 Å². The minimum Gasteiger partial charge on any atom is -0.382 e. The first-order valence-electron chi connectivity index (χ1n) is 19.4. The lowest BCUT2D eigenvalue weighted by molar-refractivity contribution is -0.0930. The second kappa shape index (κ2) is 17.3. The van der Waals surface area contributed by atoms with Crippen LogP contribution >= 0.6 is 0 Å². The molecule has 0 radical (unpaired) electrons. The summed E-state index contributed by atoms with van der Waals surface area (Å²) in [4.78, 5) is 29.4. The molecule has 0 atom stereocenters. The third kappa shape index (κ3) is 8.79. The van der Waals surface area contributed by atoms with Crippen molar-refractivity contribution in [3.63, 3.8) is 0 Å². The summed E-state index contributed by atoms with van der Waals surface area (Å²) in [7, 11) is 4.19. The fraction of sp³-hybridized carbons (Fsp3) is 0.364. The molecular weight excluding hydrogens is 711 g/mol. The van der Waals surface area contributed by atoms with E-state index in [4.69, 9.17) is 14.7 Å². The van der Waals surface area contributed by atoms with Gasteiger partial charge in [0.15, 0.2) is 0 Å². The summed E-state index contributed by atoms with van der Waals surface area (Å²) in [5.41, 5.74) is 5.44. The number of aromatic amines is 2. The number of piperidine rings is 2. The second-order valence-electron chi connectivity index (χ2n) is 14.9. The van der Waals surface area contributed by atoms with Crippen LogP contribution in [0.1, 0.15) is 57.1 Å². The molecule has 0 aliphatic carbocycles. The Hall–Kier alpha value is -5.14. The predicted molar refractivity (Wildman–Crippen MR) is 214 cm³/mol. The summed E-state index contributed by atoms with van der Waals surface area (Å²) < 4.78 is 33.4. The number of benzene rings is 2. The van der Waals surface area contributed by atoms with Gasteiger partial charge in [-0.3, -0.25) is 9.97 Å². The van der Waals surface area contributed by atoms with Crippen LogP contribution < -0.4 is 0 Å². The molecule has 10 nitrogen and oxygen atoms in total. The number of halogens is 2. The van der Waals surface area contributed by atoms with Crippen molar-refractivity contribution in [1.29, 1.82) is 0 Å². The number of likely N-dealkylation sites (tertiary alicyclic amines) is 2. The lowest BCUT2D eigenvalue weighted by atomic mass is 9.90. The van der Waals surface area contributed by atoms with Gasteiger partial charge in [-0.15, -0.1) is 0 Å². The van der Waals surface area contributed by atoms with E-state index in [9.17, 15) is 13.9 Å². The predicted octanol–water partition coefficient (Wildman–Crippen LogP) is 8.21. The molecule has 2 fully saturated rings. The van der Waals surface area contributed by atoms with Crippen LogP contribution in [0.25, 0.3) is 45.0 Å². The van der Waals surface area contributed by atoms with E-state index in [0.717, 1.165) is 104 Å². The monoisotopic (exact) mass is 760 g/mol. The number of unbranched alkanes of at least 4 members (excludes halogenated alkanes) is 1. The number of aromatic nitrogens is 6. The fourth-order valence-corrected chi connectivity index (χ4v) is 7.34. The zero-order chi connectivity index (χ0) is 39.1. The van der Waals surface area contributed by atoms with E-state index >= 15 is 0 Å². The number of rotatable bonds is 10. The van der Waals surface area contributed by atoms with E-state index < -0.39 is 11.2 Å². The van der Waals surface area contributed by atoms with Crippen LogP contribution in [0.4, 0.5) is 8.78 Å². The number of nitrogens with one attached hydrogen (secondary N) is 2. The maximum atomic E-state index is 13.5. The molecule has 6 heterocycles. The van der Waals surface area contributed by atoms with Crippen LogP contribution in [0.5, 0.6) is 0 Å². The Kier molecular flexibility index (Phi) is 12.1. The molecule has 6 aromatic rings. The van der Waals surface area contributed by atoms with Gasteiger partial charge < -0.3 is 29.6 Å². The minimum absolute atomic E-state index is 0.255.